The molecule has 0 saturated heterocycles. The van der Waals surface area contributed by atoms with Gasteiger partial charge >= 0.3 is 0 Å². The molecule has 0 radical (unpaired) electrons. The highest BCUT2D eigenvalue weighted by Gasteiger charge is 2.15. The highest BCUT2D eigenvalue weighted by Crippen LogP contribution is 2.22. The van der Waals surface area contributed by atoms with Crippen LogP contribution in [0.15, 0.2) is 36.7 Å². The minimum Gasteiger partial charge on any atom is -0.496 e. The summed E-state index contributed by atoms with van der Waals surface area (Å²) in [6.45, 7) is 0.806. The average molecular weight is 312 g/mol. The van der Waals surface area contributed by atoms with E-state index < -0.39 is 0 Å². The van der Waals surface area contributed by atoms with Crippen LogP contribution < -0.4 is 15.4 Å². The zero-order valence-corrected chi connectivity index (χ0v) is 13.6. The fourth-order valence-corrected chi connectivity index (χ4v) is 3.05. The number of nitrogens with one attached hydrogen (secondary N) is 2. The number of methoxy groups -OCH3 is 1. The molecule has 23 heavy (non-hydrogen) atoms. The van der Waals surface area contributed by atoms with Crippen molar-refractivity contribution in [3.05, 3.63) is 42.2 Å². The number of aromatic nitrogens is 2. The molecule has 5 nitrogen and oxygen atoms in total. The Bertz CT molecular complexity index is 626. The first-order chi connectivity index (χ1) is 11.3. The smallest absolute Gasteiger partial charge is 0.131 e. The molecule has 1 aromatic carbocycles. The van der Waals surface area contributed by atoms with Gasteiger partial charge in [-0.2, -0.15) is 0 Å². The molecular weight excluding hydrogens is 288 g/mol. The van der Waals surface area contributed by atoms with Crippen LogP contribution in [-0.2, 0) is 6.42 Å². The van der Waals surface area contributed by atoms with E-state index in [1.807, 2.05) is 24.3 Å². The number of para-hydroxylation sites is 1. The van der Waals surface area contributed by atoms with Gasteiger partial charge in [0.15, 0.2) is 0 Å². The number of rotatable bonds is 7. The minimum absolute atomic E-state index is 0.561. The largest absolute Gasteiger partial charge is 0.496 e. The fourth-order valence-electron chi connectivity index (χ4n) is 3.05. The lowest BCUT2D eigenvalue weighted by atomic mass is 10.1. The quantitative estimate of drug-likeness (QED) is 0.819. The van der Waals surface area contributed by atoms with Gasteiger partial charge < -0.3 is 15.4 Å². The van der Waals surface area contributed by atoms with Gasteiger partial charge in [0.2, 0.25) is 0 Å². The minimum atomic E-state index is 0.561. The van der Waals surface area contributed by atoms with Gasteiger partial charge in [-0.05, 0) is 30.9 Å². The van der Waals surface area contributed by atoms with E-state index in [0.717, 1.165) is 30.4 Å². The van der Waals surface area contributed by atoms with Crippen molar-refractivity contribution >= 4 is 11.6 Å². The molecule has 0 unspecified atom stereocenters. The molecule has 2 aromatic rings. The summed E-state index contributed by atoms with van der Waals surface area (Å²) in [5, 5.41) is 6.86. The number of anilines is 2. The van der Waals surface area contributed by atoms with E-state index in [0.29, 0.717) is 6.04 Å². The van der Waals surface area contributed by atoms with Crippen LogP contribution >= 0.6 is 0 Å². The van der Waals surface area contributed by atoms with Crippen LogP contribution in [-0.4, -0.2) is 29.7 Å². The second-order valence-electron chi connectivity index (χ2n) is 5.90. The lowest BCUT2D eigenvalue weighted by Gasteiger charge is -2.13. The summed E-state index contributed by atoms with van der Waals surface area (Å²) in [6.07, 6.45) is 7.60. The highest BCUT2D eigenvalue weighted by molar-refractivity contribution is 5.47. The molecular formula is C18H24N4O. The van der Waals surface area contributed by atoms with Gasteiger partial charge in [-0.15, -0.1) is 0 Å². The molecule has 5 heteroatoms. The summed E-state index contributed by atoms with van der Waals surface area (Å²) < 4.78 is 5.38. The molecule has 1 aliphatic carbocycles. The second-order valence-corrected chi connectivity index (χ2v) is 5.90. The van der Waals surface area contributed by atoms with Crippen LogP contribution in [0.2, 0.25) is 0 Å². The third kappa shape index (κ3) is 4.34. The molecule has 2 N–H and O–H groups in total. The summed E-state index contributed by atoms with van der Waals surface area (Å²) in [6, 6.07) is 10.6. The summed E-state index contributed by atoms with van der Waals surface area (Å²) in [7, 11) is 1.71. The van der Waals surface area contributed by atoms with Crippen molar-refractivity contribution in [1.82, 2.24) is 9.97 Å². The van der Waals surface area contributed by atoms with E-state index in [1.54, 1.807) is 13.4 Å². The number of benzene rings is 1. The van der Waals surface area contributed by atoms with E-state index in [-0.39, 0.29) is 0 Å². The molecule has 1 saturated carbocycles. The molecule has 1 heterocycles. The maximum absolute atomic E-state index is 5.38. The lowest BCUT2D eigenvalue weighted by Crippen LogP contribution is -2.16. The number of ether oxygens (including phenoxy) is 1. The molecule has 0 bridgehead atoms. The van der Waals surface area contributed by atoms with Crippen LogP contribution in [0.25, 0.3) is 0 Å². The topological polar surface area (TPSA) is 59.1 Å². The molecule has 0 spiro atoms. The Kier molecular flexibility index (Phi) is 5.29. The van der Waals surface area contributed by atoms with E-state index >= 15 is 0 Å². The Balaban J connectivity index is 1.53. The predicted molar refractivity (Wildman–Crippen MR) is 93.1 cm³/mol. The Hall–Kier alpha value is -2.30. The maximum Gasteiger partial charge on any atom is 0.131 e. The number of hydrogen-bond donors (Lipinski definition) is 2. The van der Waals surface area contributed by atoms with Crippen LogP contribution in [0.5, 0.6) is 5.75 Å². The third-order valence-electron chi connectivity index (χ3n) is 4.27. The van der Waals surface area contributed by atoms with Crippen molar-refractivity contribution in [2.75, 3.05) is 24.3 Å². The Morgan fingerprint density at radius 3 is 2.74 bits per heavy atom. The van der Waals surface area contributed by atoms with Crippen LogP contribution in [0, 0.1) is 0 Å². The molecule has 0 amide bonds. The molecule has 1 aromatic heterocycles. The standard InChI is InChI=1S/C18H24N4O/c1-23-16-9-5-2-6-14(16)10-11-19-17-12-18(21-13-20-17)22-15-7-3-4-8-15/h2,5-6,9,12-13,15H,3-4,7-8,10-11H2,1H3,(H2,19,20,21,22). The van der Waals surface area contributed by atoms with Gasteiger partial charge in [-0.3, -0.25) is 0 Å². The molecule has 0 aliphatic heterocycles. The Morgan fingerprint density at radius 1 is 1.13 bits per heavy atom. The molecule has 122 valence electrons. The SMILES string of the molecule is COc1ccccc1CCNc1cc(NC2CCCC2)ncn1. The zero-order valence-electron chi connectivity index (χ0n) is 13.6. The summed E-state index contributed by atoms with van der Waals surface area (Å²) in [5.74, 6) is 2.70. The Labute approximate surface area is 137 Å². The molecule has 0 atom stereocenters. The van der Waals surface area contributed by atoms with Crippen molar-refractivity contribution < 1.29 is 4.74 Å². The van der Waals surface area contributed by atoms with Gasteiger partial charge in [0.05, 0.1) is 7.11 Å². The van der Waals surface area contributed by atoms with Crippen molar-refractivity contribution in [3.8, 4) is 5.75 Å². The van der Waals surface area contributed by atoms with Gasteiger partial charge in [-0.25, -0.2) is 9.97 Å². The van der Waals surface area contributed by atoms with Crippen LogP contribution in [0.3, 0.4) is 0 Å². The first-order valence-corrected chi connectivity index (χ1v) is 8.29. The van der Waals surface area contributed by atoms with Crippen molar-refractivity contribution in [3.63, 3.8) is 0 Å². The average Bonchev–Trinajstić information content (AvgIpc) is 3.09. The van der Waals surface area contributed by atoms with Gasteiger partial charge in [0, 0.05) is 18.7 Å². The summed E-state index contributed by atoms with van der Waals surface area (Å²) in [5.41, 5.74) is 1.20. The molecule has 3 rings (SSSR count). The van der Waals surface area contributed by atoms with E-state index in [9.17, 15) is 0 Å². The highest BCUT2D eigenvalue weighted by atomic mass is 16.5. The van der Waals surface area contributed by atoms with Crippen molar-refractivity contribution in [2.45, 2.75) is 38.1 Å². The summed E-state index contributed by atoms with van der Waals surface area (Å²) in [4.78, 5) is 8.61. The van der Waals surface area contributed by atoms with Crippen LogP contribution in [0.1, 0.15) is 31.2 Å². The second kappa shape index (κ2) is 7.81. The van der Waals surface area contributed by atoms with E-state index in [4.69, 9.17) is 4.74 Å². The normalized spacial score (nSPS) is 14.7. The maximum atomic E-state index is 5.38. The van der Waals surface area contributed by atoms with E-state index in [1.165, 1.54) is 31.2 Å². The monoisotopic (exact) mass is 312 g/mol. The van der Waals surface area contributed by atoms with Crippen molar-refractivity contribution in [2.24, 2.45) is 0 Å². The Morgan fingerprint density at radius 2 is 1.91 bits per heavy atom. The van der Waals surface area contributed by atoms with Gasteiger partial charge in [-0.1, -0.05) is 31.0 Å². The molecule has 1 aliphatic rings. The van der Waals surface area contributed by atoms with Gasteiger partial charge in [0.25, 0.3) is 0 Å². The zero-order chi connectivity index (χ0) is 15.9. The lowest BCUT2D eigenvalue weighted by molar-refractivity contribution is 0.410. The van der Waals surface area contributed by atoms with Gasteiger partial charge in [0.1, 0.15) is 23.7 Å². The first-order valence-electron chi connectivity index (χ1n) is 8.29. The third-order valence-corrected chi connectivity index (χ3v) is 4.27. The predicted octanol–water partition coefficient (Wildman–Crippen LogP) is 3.49. The first kappa shape index (κ1) is 15.6. The van der Waals surface area contributed by atoms with Crippen molar-refractivity contribution in [1.29, 1.82) is 0 Å². The fraction of sp³-hybridized carbons (Fsp3) is 0.444. The van der Waals surface area contributed by atoms with Crippen LogP contribution in [0.4, 0.5) is 11.6 Å². The van der Waals surface area contributed by atoms with E-state index in [2.05, 4.69) is 26.7 Å². The summed E-state index contributed by atoms with van der Waals surface area (Å²) >= 11 is 0. The molecule has 1 fully saturated rings. The number of nitrogens with zero attached hydrogens (tertiary/aromatic N) is 2. The number of hydrogen-bond acceptors (Lipinski definition) is 5.